The molecule has 442 valence electrons. The molecular weight excluding hydrogens is 1110 g/mol. The molecule has 0 radical (unpaired) electrons. The van der Waals surface area contributed by atoms with Crippen molar-refractivity contribution >= 4 is 72.6 Å². The Labute approximate surface area is 507 Å². The molecule has 9 aromatic carbocycles. The molecule has 0 saturated heterocycles. The van der Waals surface area contributed by atoms with Crippen molar-refractivity contribution in [1.29, 1.82) is 0 Å². The number of amides is 5. The molecule has 3 atom stereocenters. The van der Waals surface area contributed by atoms with Gasteiger partial charge in [0.25, 0.3) is 23.6 Å². The minimum absolute atomic E-state index is 0.0563. The summed E-state index contributed by atoms with van der Waals surface area (Å²) in [5.74, 6) is 0.232. The van der Waals surface area contributed by atoms with Crippen LogP contribution in [0, 0.1) is 27.7 Å². The first-order valence-electron chi connectivity index (χ1n) is 29.5. The molecule has 0 spiro atoms. The van der Waals surface area contributed by atoms with Crippen molar-refractivity contribution in [3.8, 4) is 46.0 Å². The Kier molecular flexibility index (Phi) is 14.5. The molecule has 88 heavy (non-hydrogen) atoms. The summed E-state index contributed by atoms with van der Waals surface area (Å²) in [7, 11) is 3.59. The number of H-pyrrole nitrogens is 2. The minimum Gasteiger partial charge on any atom is -0.457 e. The quantitative estimate of drug-likeness (QED) is 0.0443. The lowest BCUT2D eigenvalue weighted by atomic mass is 9.80. The van der Waals surface area contributed by atoms with Crippen molar-refractivity contribution in [3.05, 3.63) is 202 Å². The Hall–Kier alpha value is -10.4. The minimum atomic E-state index is -1.35. The monoisotopic (exact) mass is 1170 g/mol. The zero-order valence-corrected chi connectivity index (χ0v) is 50.3. The van der Waals surface area contributed by atoms with Crippen LogP contribution in [0.1, 0.15) is 96.1 Å². The molecule has 13 rings (SSSR count). The second-order valence-electron chi connectivity index (χ2n) is 23.0. The number of imidazole rings is 2. The van der Waals surface area contributed by atoms with Gasteiger partial charge in [-0.25, -0.2) is 9.97 Å². The number of hydrogen-bond donors (Lipinski definition) is 2. The van der Waals surface area contributed by atoms with E-state index >= 15 is 19.2 Å². The van der Waals surface area contributed by atoms with E-state index in [4.69, 9.17) is 18.9 Å². The van der Waals surface area contributed by atoms with Crippen molar-refractivity contribution in [3.63, 3.8) is 0 Å². The van der Waals surface area contributed by atoms with Gasteiger partial charge in [0.1, 0.15) is 63.7 Å². The number of nitrogens with zero attached hydrogens (tertiary/aromatic N) is 6. The van der Waals surface area contributed by atoms with Gasteiger partial charge >= 0.3 is 0 Å². The molecule has 4 heterocycles. The summed E-state index contributed by atoms with van der Waals surface area (Å²) in [5, 5.41) is 2.78. The van der Waals surface area contributed by atoms with Crippen LogP contribution in [0.5, 0.6) is 46.0 Å². The summed E-state index contributed by atoms with van der Waals surface area (Å²) in [6.45, 7) is 14.6. The highest BCUT2D eigenvalue weighted by Gasteiger charge is 2.47. The molecular formula is C71H64N8O9. The molecule has 0 fully saturated rings. The summed E-state index contributed by atoms with van der Waals surface area (Å²) in [6, 6.07) is 34.1. The Morgan fingerprint density at radius 2 is 0.795 bits per heavy atom. The maximum atomic E-state index is 16.2. The first kappa shape index (κ1) is 56.7. The average Bonchev–Trinajstić information content (AvgIpc) is 0.781. The molecule has 5 amide bonds. The lowest BCUT2D eigenvalue weighted by Crippen LogP contribution is -2.56. The predicted octanol–water partition coefficient (Wildman–Crippen LogP) is 13.8. The van der Waals surface area contributed by atoms with Gasteiger partial charge in [-0.1, -0.05) is 77.7 Å². The van der Waals surface area contributed by atoms with Crippen LogP contribution in [-0.4, -0.2) is 114 Å². The number of aromatic nitrogens is 4. The van der Waals surface area contributed by atoms with E-state index in [-0.39, 0.29) is 76.1 Å². The van der Waals surface area contributed by atoms with Gasteiger partial charge in [-0.2, -0.15) is 0 Å². The topological polar surface area (TPSA) is 193 Å². The van der Waals surface area contributed by atoms with E-state index in [0.29, 0.717) is 78.9 Å². The normalized spacial score (nSPS) is 14.2. The number of hydrogen-bond acceptors (Lipinski definition) is 12. The van der Waals surface area contributed by atoms with Crippen LogP contribution in [0.25, 0.3) is 43.1 Å². The Balaban J connectivity index is 1.22. The molecule has 3 unspecified atom stereocenters. The molecule has 2 aliphatic rings. The molecule has 0 aliphatic carbocycles. The van der Waals surface area contributed by atoms with Crippen LogP contribution < -0.4 is 18.9 Å². The smallest absolute Gasteiger partial charge is 0.262 e. The van der Waals surface area contributed by atoms with E-state index in [9.17, 15) is 4.79 Å². The SMILES string of the molecule is CCN(C)C(=O)C(Cc1ncc[nH]1)N1C(=O)c2cc(Oc3ccc(C)cc3)c3c4c(Oc5ccc(C)cc5)cc5c6c(cc(Oc7ccc(C)cc7)c(c7c(Oc8ccc(C)cc8)cc(c2c37)C1=O)c64)C(=O)N(C(Cc1ncc[nH]1)C(C)N(C)CC)C5=O. The summed E-state index contributed by atoms with van der Waals surface area (Å²) in [4.78, 5) is 101. The van der Waals surface area contributed by atoms with Crippen LogP contribution in [0.3, 0.4) is 0 Å². The highest BCUT2D eigenvalue weighted by Crippen LogP contribution is 2.58. The Bertz CT molecular complexity index is 4340. The average molecular weight is 1170 g/mol. The van der Waals surface area contributed by atoms with E-state index in [0.717, 1.165) is 27.2 Å². The Morgan fingerprint density at radius 3 is 1.10 bits per heavy atom. The number of benzene rings is 9. The number of fused-ring (bicyclic) bond motifs is 2. The van der Waals surface area contributed by atoms with Gasteiger partial charge in [0.05, 0.1) is 28.3 Å². The molecule has 0 saturated carbocycles. The lowest BCUT2D eigenvalue weighted by Gasteiger charge is -2.40. The second kappa shape index (κ2) is 22.5. The molecule has 17 heteroatoms. The summed E-state index contributed by atoms with van der Waals surface area (Å²) < 4.78 is 28.7. The molecule has 17 nitrogen and oxygen atoms in total. The van der Waals surface area contributed by atoms with Gasteiger partial charge in [0.15, 0.2) is 0 Å². The zero-order valence-electron chi connectivity index (χ0n) is 50.3. The maximum absolute atomic E-state index is 16.2. The summed E-state index contributed by atoms with van der Waals surface area (Å²) in [6.07, 6.45) is 6.64. The number of aromatic amines is 2. The number of imide groups is 2. The number of aryl methyl sites for hydroxylation is 4. The number of likely N-dealkylation sites (N-methyl/N-ethyl adjacent to an activating group) is 2. The third-order valence-corrected chi connectivity index (χ3v) is 17.4. The number of rotatable bonds is 19. The van der Waals surface area contributed by atoms with Gasteiger partial charge < -0.3 is 38.7 Å². The second-order valence-corrected chi connectivity index (χ2v) is 23.0. The zero-order chi connectivity index (χ0) is 61.4. The number of carbonyl (C=O) groups is 5. The molecule has 0 bridgehead atoms. The number of nitrogens with one attached hydrogen (secondary N) is 2. The summed E-state index contributed by atoms with van der Waals surface area (Å²) >= 11 is 0. The molecule has 2 aliphatic heterocycles. The summed E-state index contributed by atoms with van der Waals surface area (Å²) in [5.41, 5.74) is 4.36. The number of carbonyl (C=O) groups excluding carboxylic acids is 5. The fraction of sp³-hybridized carbons (Fsp3) is 0.225. The van der Waals surface area contributed by atoms with Gasteiger partial charge in [-0.15, -0.1) is 0 Å². The standard InChI is InChI=1S/C71H64N8O9/c1-10-76(8)42(7)51(36-57-72-28-29-73-57)78-67(80)47-32-53(85-43-20-12-38(3)13-21-43)61-63-55(87-45-24-16-40(5)17-25-45)34-49-60-50(70(83)79(69(49)82)52(71(84)77(9)11-2)37-58-74-30-31-75-58)35-56(88-46-26-18-41(6)19-27-46)64(66(60)63)62-54(86-44-22-14-39(4)15-23-44)33-48(68(78)81)59(47)65(61)62/h12-35,42,51-52H,10-11,36-37H2,1-9H3,(H,72,73)(H,74,75). The molecule has 11 aromatic rings. The van der Waals surface area contributed by atoms with E-state index < -0.39 is 41.6 Å². The highest BCUT2D eigenvalue weighted by atomic mass is 16.5. The van der Waals surface area contributed by atoms with E-state index in [1.807, 2.05) is 153 Å². The molecule has 2 N–H and O–H groups in total. The van der Waals surface area contributed by atoms with Crippen LogP contribution in [0.15, 0.2) is 146 Å². The van der Waals surface area contributed by atoms with E-state index in [1.54, 1.807) is 56.1 Å². The fourth-order valence-corrected chi connectivity index (χ4v) is 12.3. The van der Waals surface area contributed by atoms with Crippen molar-refractivity contribution in [2.24, 2.45) is 0 Å². The first-order valence-corrected chi connectivity index (χ1v) is 29.5. The fourth-order valence-electron chi connectivity index (χ4n) is 12.3. The van der Waals surface area contributed by atoms with Crippen LogP contribution in [-0.2, 0) is 17.6 Å². The molecule has 2 aromatic heterocycles. The van der Waals surface area contributed by atoms with Gasteiger partial charge in [0, 0.05) is 100 Å². The predicted molar refractivity (Wildman–Crippen MR) is 337 cm³/mol. The van der Waals surface area contributed by atoms with Crippen LogP contribution in [0.4, 0.5) is 0 Å². The third kappa shape index (κ3) is 9.77. The third-order valence-electron chi connectivity index (χ3n) is 17.4. The van der Waals surface area contributed by atoms with Crippen molar-refractivity contribution in [2.45, 2.75) is 79.4 Å². The van der Waals surface area contributed by atoms with Crippen molar-refractivity contribution in [1.82, 2.24) is 39.5 Å². The van der Waals surface area contributed by atoms with E-state index in [1.165, 1.54) is 9.80 Å². The van der Waals surface area contributed by atoms with Gasteiger partial charge in [-0.05, 0) is 128 Å². The van der Waals surface area contributed by atoms with Crippen LogP contribution in [0.2, 0.25) is 0 Å². The largest absolute Gasteiger partial charge is 0.457 e. The number of ether oxygens (including phenoxy) is 4. The van der Waals surface area contributed by atoms with Gasteiger partial charge in [0.2, 0.25) is 5.91 Å². The maximum Gasteiger partial charge on any atom is 0.262 e. The van der Waals surface area contributed by atoms with Gasteiger partial charge in [-0.3, -0.25) is 33.8 Å². The van der Waals surface area contributed by atoms with Crippen molar-refractivity contribution in [2.75, 3.05) is 27.2 Å². The first-order chi connectivity index (χ1) is 42.5. The lowest BCUT2D eigenvalue weighted by molar-refractivity contribution is -0.134. The highest BCUT2D eigenvalue weighted by molar-refractivity contribution is 6.45. The van der Waals surface area contributed by atoms with E-state index in [2.05, 4.69) is 24.8 Å². The van der Waals surface area contributed by atoms with Crippen LogP contribution >= 0.6 is 0 Å². The van der Waals surface area contributed by atoms with Crippen molar-refractivity contribution < 1.29 is 42.9 Å². The Morgan fingerprint density at radius 1 is 0.466 bits per heavy atom.